The molecule has 0 spiro atoms. The third-order valence-electron chi connectivity index (χ3n) is 3.52. The summed E-state index contributed by atoms with van der Waals surface area (Å²) in [5.41, 5.74) is 0.571. The van der Waals surface area contributed by atoms with Crippen LogP contribution >= 0.6 is 22.9 Å². The quantitative estimate of drug-likeness (QED) is 0.749. The van der Waals surface area contributed by atoms with E-state index in [9.17, 15) is 9.90 Å². The highest BCUT2D eigenvalue weighted by Crippen LogP contribution is 2.29. The van der Waals surface area contributed by atoms with E-state index in [1.165, 1.54) is 18.4 Å². The second-order valence-corrected chi connectivity index (χ2v) is 6.93. The lowest BCUT2D eigenvalue weighted by atomic mass is 10.1. The molecule has 0 bridgehead atoms. The molecular weight excluding hydrogens is 350 g/mol. The van der Waals surface area contributed by atoms with Gasteiger partial charge in [0.2, 0.25) is 5.91 Å². The van der Waals surface area contributed by atoms with E-state index in [-0.39, 0.29) is 12.5 Å². The zero-order valence-corrected chi connectivity index (χ0v) is 15.1. The molecule has 1 unspecified atom stereocenters. The summed E-state index contributed by atoms with van der Waals surface area (Å²) in [5.74, 6) is 1.04. The normalized spacial score (nSPS) is 11.8. The van der Waals surface area contributed by atoms with E-state index >= 15 is 0 Å². The third-order valence-corrected chi connectivity index (χ3v) is 4.81. The summed E-state index contributed by atoms with van der Waals surface area (Å²) in [6, 6.07) is 8.90. The smallest absolute Gasteiger partial charge is 0.220 e. The third kappa shape index (κ3) is 5.12. The first kappa shape index (κ1) is 18.6. The highest BCUT2D eigenvalue weighted by Gasteiger charge is 2.15. The molecule has 130 valence electrons. The van der Waals surface area contributed by atoms with Crippen molar-refractivity contribution in [1.29, 1.82) is 0 Å². The molecule has 5 nitrogen and oxygen atoms in total. The summed E-state index contributed by atoms with van der Waals surface area (Å²) in [5, 5.41) is 13.1. The molecule has 2 rings (SSSR count). The zero-order valence-electron chi connectivity index (χ0n) is 13.5. The standard InChI is InChI=1S/C17H20ClNO4S/c1-22-11-3-6-15(23-2)13(9-11)14(20)10-19-17(21)8-5-12-4-7-16(18)24-12/h3-4,6-7,9,14,20H,5,8,10H2,1-2H3,(H,19,21). The van der Waals surface area contributed by atoms with Gasteiger partial charge in [0.1, 0.15) is 11.5 Å². The van der Waals surface area contributed by atoms with Crippen LogP contribution in [0.3, 0.4) is 0 Å². The number of aliphatic hydroxyl groups excluding tert-OH is 1. The maximum Gasteiger partial charge on any atom is 0.220 e. The van der Waals surface area contributed by atoms with Gasteiger partial charge in [-0.2, -0.15) is 0 Å². The minimum absolute atomic E-state index is 0.105. The second-order valence-electron chi connectivity index (χ2n) is 5.13. The van der Waals surface area contributed by atoms with Crippen molar-refractivity contribution in [3.8, 4) is 11.5 Å². The number of ether oxygens (including phenoxy) is 2. The van der Waals surface area contributed by atoms with Crippen molar-refractivity contribution in [2.45, 2.75) is 18.9 Å². The Kier molecular flexibility index (Phi) is 6.90. The first-order valence-corrected chi connectivity index (χ1v) is 8.64. The molecular formula is C17H20ClNO4S. The lowest BCUT2D eigenvalue weighted by molar-refractivity contribution is -0.121. The number of amides is 1. The van der Waals surface area contributed by atoms with Gasteiger partial charge < -0.3 is 19.9 Å². The summed E-state index contributed by atoms with van der Waals surface area (Å²) in [4.78, 5) is 13.0. The number of halogens is 1. The van der Waals surface area contributed by atoms with Crippen molar-refractivity contribution in [2.75, 3.05) is 20.8 Å². The molecule has 2 N–H and O–H groups in total. The van der Waals surface area contributed by atoms with E-state index in [2.05, 4.69) is 5.32 Å². The summed E-state index contributed by atoms with van der Waals surface area (Å²) in [6.45, 7) is 0.105. The van der Waals surface area contributed by atoms with E-state index in [1.54, 1.807) is 25.3 Å². The number of rotatable bonds is 8. The Morgan fingerprint density at radius 1 is 1.29 bits per heavy atom. The van der Waals surface area contributed by atoms with Crippen LogP contribution in [0, 0.1) is 0 Å². The predicted octanol–water partition coefficient (Wildman–Crippen LogP) is 3.20. The molecule has 0 aliphatic rings. The number of thiophene rings is 1. The Labute approximate surface area is 150 Å². The second kappa shape index (κ2) is 8.92. The minimum atomic E-state index is -0.879. The van der Waals surface area contributed by atoms with Crippen LogP contribution in [0.2, 0.25) is 4.34 Å². The number of aliphatic hydroxyl groups is 1. The molecule has 0 fully saturated rings. The monoisotopic (exact) mass is 369 g/mol. The number of benzene rings is 1. The fourth-order valence-electron chi connectivity index (χ4n) is 2.23. The molecule has 2 aromatic rings. The van der Waals surface area contributed by atoms with Gasteiger partial charge in [0.05, 0.1) is 24.7 Å². The molecule has 1 aromatic carbocycles. The molecule has 1 aromatic heterocycles. The van der Waals surface area contributed by atoms with E-state index in [0.29, 0.717) is 34.2 Å². The molecule has 0 radical (unpaired) electrons. The number of carbonyl (C=O) groups excluding carboxylic acids is 1. The van der Waals surface area contributed by atoms with Crippen LogP contribution in [0.25, 0.3) is 0 Å². The van der Waals surface area contributed by atoms with Gasteiger partial charge in [-0.15, -0.1) is 11.3 Å². The van der Waals surface area contributed by atoms with E-state index in [1.807, 2.05) is 12.1 Å². The lowest BCUT2D eigenvalue weighted by Gasteiger charge is -2.16. The average molecular weight is 370 g/mol. The van der Waals surface area contributed by atoms with Gasteiger partial charge in [-0.25, -0.2) is 0 Å². The summed E-state index contributed by atoms with van der Waals surface area (Å²) < 4.78 is 11.1. The van der Waals surface area contributed by atoms with Crippen LogP contribution < -0.4 is 14.8 Å². The van der Waals surface area contributed by atoms with Crippen molar-refractivity contribution in [3.05, 3.63) is 45.1 Å². The largest absolute Gasteiger partial charge is 0.497 e. The van der Waals surface area contributed by atoms with Gasteiger partial charge in [0.15, 0.2) is 0 Å². The van der Waals surface area contributed by atoms with Gasteiger partial charge in [-0.05, 0) is 36.8 Å². The Morgan fingerprint density at radius 2 is 2.08 bits per heavy atom. The first-order chi connectivity index (χ1) is 11.5. The summed E-state index contributed by atoms with van der Waals surface area (Å²) >= 11 is 7.33. The van der Waals surface area contributed by atoms with Crippen LogP contribution in [0.5, 0.6) is 11.5 Å². The van der Waals surface area contributed by atoms with Crippen molar-refractivity contribution in [1.82, 2.24) is 5.32 Å². The first-order valence-electron chi connectivity index (χ1n) is 7.44. The zero-order chi connectivity index (χ0) is 17.5. The van der Waals surface area contributed by atoms with Crippen molar-refractivity contribution < 1.29 is 19.4 Å². The topological polar surface area (TPSA) is 67.8 Å². The Balaban J connectivity index is 1.87. The molecule has 7 heteroatoms. The lowest BCUT2D eigenvalue weighted by Crippen LogP contribution is -2.28. The highest BCUT2D eigenvalue weighted by atomic mass is 35.5. The molecule has 0 saturated heterocycles. The number of nitrogens with one attached hydrogen (secondary N) is 1. The summed E-state index contributed by atoms with van der Waals surface area (Å²) in [6.07, 6.45) is 0.0934. The number of methoxy groups -OCH3 is 2. The number of hydrogen-bond donors (Lipinski definition) is 2. The van der Waals surface area contributed by atoms with Gasteiger partial charge >= 0.3 is 0 Å². The van der Waals surface area contributed by atoms with Crippen molar-refractivity contribution in [3.63, 3.8) is 0 Å². The number of hydrogen-bond acceptors (Lipinski definition) is 5. The highest BCUT2D eigenvalue weighted by molar-refractivity contribution is 7.16. The van der Waals surface area contributed by atoms with E-state index in [4.69, 9.17) is 21.1 Å². The van der Waals surface area contributed by atoms with Crippen LogP contribution in [-0.2, 0) is 11.2 Å². The Morgan fingerprint density at radius 3 is 2.71 bits per heavy atom. The molecule has 1 atom stereocenters. The molecule has 1 amide bonds. The van der Waals surface area contributed by atoms with E-state index in [0.717, 1.165) is 4.88 Å². The average Bonchev–Trinajstić information content (AvgIpc) is 3.02. The fraction of sp³-hybridized carbons (Fsp3) is 0.353. The number of carbonyl (C=O) groups is 1. The molecule has 0 saturated carbocycles. The molecule has 24 heavy (non-hydrogen) atoms. The van der Waals surface area contributed by atoms with Crippen molar-refractivity contribution >= 4 is 28.8 Å². The molecule has 0 aliphatic carbocycles. The van der Waals surface area contributed by atoms with Crippen LogP contribution in [0.4, 0.5) is 0 Å². The van der Waals surface area contributed by atoms with Crippen LogP contribution in [0.1, 0.15) is 23.0 Å². The Hall–Kier alpha value is -1.76. The molecule has 0 aliphatic heterocycles. The SMILES string of the molecule is COc1ccc(OC)c(C(O)CNC(=O)CCc2ccc(Cl)s2)c1. The maximum atomic E-state index is 11.9. The predicted molar refractivity (Wildman–Crippen MR) is 95.2 cm³/mol. The van der Waals surface area contributed by atoms with Crippen LogP contribution in [0.15, 0.2) is 30.3 Å². The van der Waals surface area contributed by atoms with Gasteiger partial charge in [-0.3, -0.25) is 4.79 Å². The maximum absolute atomic E-state index is 11.9. The van der Waals surface area contributed by atoms with Gasteiger partial charge in [0.25, 0.3) is 0 Å². The van der Waals surface area contributed by atoms with Crippen LogP contribution in [-0.4, -0.2) is 31.8 Å². The van der Waals surface area contributed by atoms with Crippen molar-refractivity contribution in [2.24, 2.45) is 0 Å². The minimum Gasteiger partial charge on any atom is -0.497 e. The molecule has 1 heterocycles. The summed E-state index contributed by atoms with van der Waals surface area (Å²) in [7, 11) is 3.08. The van der Waals surface area contributed by atoms with E-state index < -0.39 is 6.10 Å². The number of aryl methyl sites for hydroxylation is 1. The van der Waals surface area contributed by atoms with Gasteiger partial charge in [-0.1, -0.05) is 11.6 Å². The Bertz CT molecular complexity index is 689. The van der Waals surface area contributed by atoms with Gasteiger partial charge in [0, 0.05) is 23.4 Å². The fourth-order valence-corrected chi connectivity index (χ4v) is 3.32.